The number of nitrogens with two attached hydrogens (primary N) is 1. The first-order chi connectivity index (χ1) is 10.1. The van der Waals surface area contributed by atoms with Crippen molar-refractivity contribution in [2.75, 3.05) is 13.7 Å². The molecule has 1 aromatic rings. The van der Waals surface area contributed by atoms with Crippen LogP contribution in [-0.2, 0) is 4.74 Å². The molecule has 1 saturated heterocycles. The zero-order valence-electron chi connectivity index (χ0n) is 12.6. The lowest BCUT2D eigenvalue weighted by atomic mass is 9.79. The molecule has 1 aliphatic carbocycles. The highest BCUT2D eigenvalue weighted by atomic mass is 35.5. The van der Waals surface area contributed by atoms with Crippen molar-refractivity contribution in [1.29, 1.82) is 0 Å². The van der Waals surface area contributed by atoms with Crippen LogP contribution >= 0.6 is 11.6 Å². The van der Waals surface area contributed by atoms with E-state index in [0.717, 1.165) is 30.8 Å². The standard InChI is InChI=1S/C17H24ClNO2/c1-20-15-10-13(18)4-5-14(15)16(19)12-6-9-21-17(11-12)7-2-3-8-17/h4-5,10,12,16H,2-3,6-9,11,19H2,1H3. The molecule has 4 heteroatoms. The molecule has 2 unspecified atom stereocenters. The van der Waals surface area contributed by atoms with Crippen molar-refractivity contribution >= 4 is 11.6 Å². The molecule has 2 atom stereocenters. The van der Waals surface area contributed by atoms with E-state index in [1.54, 1.807) is 7.11 Å². The first-order valence-corrected chi connectivity index (χ1v) is 8.24. The molecule has 0 amide bonds. The number of methoxy groups -OCH3 is 1. The number of benzene rings is 1. The second kappa shape index (κ2) is 6.15. The SMILES string of the molecule is COc1cc(Cl)ccc1C(N)C1CCOC2(CCCC2)C1. The number of halogens is 1. The van der Waals surface area contributed by atoms with Crippen molar-refractivity contribution in [3.05, 3.63) is 28.8 Å². The van der Waals surface area contributed by atoms with Crippen molar-refractivity contribution in [2.24, 2.45) is 11.7 Å². The normalized spacial score (nSPS) is 26.0. The summed E-state index contributed by atoms with van der Waals surface area (Å²) in [4.78, 5) is 0. The fourth-order valence-electron chi connectivity index (χ4n) is 3.95. The molecular formula is C17H24ClNO2. The minimum absolute atomic E-state index is 0.0152. The summed E-state index contributed by atoms with van der Waals surface area (Å²) in [7, 11) is 1.67. The Balaban J connectivity index is 1.79. The minimum atomic E-state index is -0.0152. The predicted molar refractivity (Wildman–Crippen MR) is 84.8 cm³/mol. The van der Waals surface area contributed by atoms with E-state index in [4.69, 9.17) is 26.8 Å². The van der Waals surface area contributed by atoms with E-state index in [0.29, 0.717) is 10.9 Å². The molecule has 1 saturated carbocycles. The highest BCUT2D eigenvalue weighted by molar-refractivity contribution is 6.30. The van der Waals surface area contributed by atoms with E-state index in [9.17, 15) is 0 Å². The van der Waals surface area contributed by atoms with Gasteiger partial charge in [0.15, 0.2) is 0 Å². The molecule has 0 bridgehead atoms. The molecule has 2 fully saturated rings. The van der Waals surface area contributed by atoms with Gasteiger partial charge in [0.05, 0.1) is 12.7 Å². The Morgan fingerprint density at radius 1 is 1.38 bits per heavy atom. The van der Waals surface area contributed by atoms with Gasteiger partial charge in [0.25, 0.3) is 0 Å². The number of ether oxygens (including phenoxy) is 2. The first kappa shape index (κ1) is 15.1. The Morgan fingerprint density at radius 3 is 2.86 bits per heavy atom. The van der Waals surface area contributed by atoms with E-state index >= 15 is 0 Å². The van der Waals surface area contributed by atoms with Crippen LogP contribution < -0.4 is 10.5 Å². The van der Waals surface area contributed by atoms with Crippen LogP contribution in [0, 0.1) is 5.92 Å². The van der Waals surface area contributed by atoms with E-state index in [-0.39, 0.29) is 11.6 Å². The molecule has 2 N–H and O–H groups in total. The largest absolute Gasteiger partial charge is 0.496 e. The second-order valence-electron chi connectivity index (χ2n) is 6.40. The van der Waals surface area contributed by atoms with Crippen molar-refractivity contribution in [2.45, 2.75) is 50.2 Å². The molecule has 0 radical (unpaired) electrons. The van der Waals surface area contributed by atoms with Crippen LogP contribution in [0.5, 0.6) is 5.75 Å². The van der Waals surface area contributed by atoms with Gasteiger partial charge in [-0.25, -0.2) is 0 Å². The summed E-state index contributed by atoms with van der Waals surface area (Å²) in [5.41, 5.74) is 7.72. The minimum Gasteiger partial charge on any atom is -0.496 e. The van der Waals surface area contributed by atoms with Crippen LogP contribution in [0.1, 0.15) is 50.1 Å². The van der Waals surface area contributed by atoms with Gasteiger partial charge in [-0.2, -0.15) is 0 Å². The molecule has 1 aromatic carbocycles. The summed E-state index contributed by atoms with van der Waals surface area (Å²) in [6, 6.07) is 5.73. The number of hydrogen-bond donors (Lipinski definition) is 1. The topological polar surface area (TPSA) is 44.5 Å². The number of rotatable bonds is 3. The maximum atomic E-state index is 6.57. The zero-order chi connectivity index (χ0) is 14.9. The van der Waals surface area contributed by atoms with Crippen LogP contribution in [0.4, 0.5) is 0 Å². The Hall–Kier alpha value is -0.770. The average Bonchev–Trinajstić information content (AvgIpc) is 2.94. The number of hydrogen-bond acceptors (Lipinski definition) is 3. The maximum absolute atomic E-state index is 6.57. The van der Waals surface area contributed by atoms with Gasteiger partial charge in [0, 0.05) is 23.2 Å². The average molecular weight is 310 g/mol. The van der Waals surface area contributed by atoms with E-state index in [1.165, 1.54) is 25.7 Å². The van der Waals surface area contributed by atoms with Gasteiger partial charge in [-0.05, 0) is 43.7 Å². The second-order valence-corrected chi connectivity index (χ2v) is 6.84. The first-order valence-electron chi connectivity index (χ1n) is 7.86. The van der Waals surface area contributed by atoms with Gasteiger partial charge in [-0.1, -0.05) is 30.5 Å². The third-order valence-corrected chi connectivity index (χ3v) is 5.34. The zero-order valence-corrected chi connectivity index (χ0v) is 13.4. The Bertz CT molecular complexity index is 500. The molecule has 1 aliphatic heterocycles. The third kappa shape index (κ3) is 3.05. The van der Waals surface area contributed by atoms with E-state index < -0.39 is 0 Å². The van der Waals surface area contributed by atoms with E-state index in [2.05, 4.69) is 0 Å². The van der Waals surface area contributed by atoms with Gasteiger partial charge < -0.3 is 15.2 Å². The monoisotopic (exact) mass is 309 g/mol. The van der Waals surface area contributed by atoms with Crippen LogP contribution in [0.2, 0.25) is 5.02 Å². The van der Waals surface area contributed by atoms with Crippen LogP contribution in [0.3, 0.4) is 0 Å². The van der Waals surface area contributed by atoms with Gasteiger partial charge in [0.1, 0.15) is 5.75 Å². The van der Waals surface area contributed by atoms with Gasteiger partial charge in [-0.15, -0.1) is 0 Å². The van der Waals surface area contributed by atoms with Crippen molar-refractivity contribution in [3.63, 3.8) is 0 Å². The Morgan fingerprint density at radius 2 is 2.14 bits per heavy atom. The lowest BCUT2D eigenvalue weighted by Crippen LogP contribution is -2.40. The summed E-state index contributed by atoms with van der Waals surface area (Å²) >= 11 is 6.04. The summed E-state index contributed by atoms with van der Waals surface area (Å²) in [5, 5.41) is 0.682. The molecule has 21 heavy (non-hydrogen) atoms. The lowest BCUT2D eigenvalue weighted by Gasteiger charge is -2.40. The quantitative estimate of drug-likeness (QED) is 0.914. The summed E-state index contributed by atoms with van der Waals surface area (Å²) < 4.78 is 11.6. The van der Waals surface area contributed by atoms with E-state index in [1.807, 2.05) is 18.2 Å². The molecule has 116 valence electrons. The van der Waals surface area contributed by atoms with Crippen molar-refractivity contribution in [1.82, 2.24) is 0 Å². The molecule has 3 nitrogen and oxygen atoms in total. The molecule has 0 aromatic heterocycles. The van der Waals surface area contributed by atoms with Crippen molar-refractivity contribution < 1.29 is 9.47 Å². The third-order valence-electron chi connectivity index (χ3n) is 5.11. The van der Waals surface area contributed by atoms with Gasteiger partial charge in [0.2, 0.25) is 0 Å². The van der Waals surface area contributed by atoms with Gasteiger partial charge >= 0.3 is 0 Å². The summed E-state index contributed by atoms with van der Waals surface area (Å²) in [6.07, 6.45) is 7.04. The maximum Gasteiger partial charge on any atom is 0.125 e. The van der Waals surface area contributed by atoms with Crippen molar-refractivity contribution in [3.8, 4) is 5.75 Å². The Kier molecular flexibility index (Phi) is 4.43. The van der Waals surface area contributed by atoms with Crippen LogP contribution in [0.15, 0.2) is 18.2 Å². The lowest BCUT2D eigenvalue weighted by molar-refractivity contribution is -0.0964. The van der Waals surface area contributed by atoms with Crippen LogP contribution in [0.25, 0.3) is 0 Å². The highest BCUT2D eigenvalue weighted by Crippen LogP contribution is 2.45. The fraction of sp³-hybridized carbons (Fsp3) is 0.647. The smallest absolute Gasteiger partial charge is 0.125 e. The fourth-order valence-corrected chi connectivity index (χ4v) is 4.12. The summed E-state index contributed by atoms with van der Waals surface area (Å²) in [6.45, 7) is 0.828. The molecular weight excluding hydrogens is 286 g/mol. The molecule has 1 spiro atoms. The predicted octanol–water partition coefficient (Wildman–Crippen LogP) is 4.09. The highest BCUT2D eigenvalue weighted by Gasteiger charge is 2.41. The summed E-state index contributed by atoms with van der Waals surface area (Å²) in [5.74, 6) is 1.24. The molecule has 2 aliphatic rings. The van der Waals surface area contributed by atoms with Crippen LogP contribution in [-0.4, -0.2) is 19.3 Å². The van der Waals surface area contributed by atoms with Gasteiger partial charge in [-0.3, -0.25) is 0 Å². The molecule has 3 rings (SSSR count). The Labute approximate surface area is 131 Å². The molecule has 1 heterocycles.